The maximum Gasteiger partial charge on any atom is 0.220 e. The van der Waals surface area contributed by atoms with Crippen molar-refractivity contribution in [2.75, 3.05) is 19.6 Å². The Morgan fingerprint density at radius 2 is 2.33 bits per heavy atom. The number of hydrogen-bond acceptors (Lipinski definition) is 3. The van der Waals surface area contributed by atoms with Crippen LogP contribution in [0.5, 0.6) is 0 Å². The SMILES string of the molecule is CCCC(C)(O)CNC(=O)CCC1CCCNC1. The second kappa shape index (κ2) is 7.74. The molecule has 4 nitrogen and oxygen atoms in total. The lowest BCUT2D eigenvalue weighted by Crippen LogP contribution is -2.40. The summed E-state index contributed by atoms with van der Waals surface area (Å²) in [5.74, 6) is 0.706. The molecule has 1 aliphatic heterocycles. The summed E-state index contributed by atoms with van der Waals surface area (Å²) < 4.78 is 0. The van der Waals surface area contributed by atoms with Gasteiger partial charge in [0.05, 0.1) is 5.60 Å². The summed E-state index contributed by atoms with van der Waals surface area (Å²) in [5, 5.41) is 16.2. The molecule has 0 aromatic carbocycles. The molecular formula is C14H28N2O2. The maximum absolute atomic E-state index is 11.7. The minimum absolute atomic E-state index is 0.0666. The molecule has 1 amide bonds. The minimum atomic E-state index is -0.767. The number of carbonyl (C=O) groups excluding carboxylic acids is 1. The van der Waals surface area contributed by atoms with Crippen molar-refractivity contribution in [3.05, 3.63) is 0 Å². The fourth-order valence-electron chi connectivity index (χ4n) is 2.51. The molecule has 2 atom stereocenters. The van der Waals surface area contributed by atoms with Crippen molar-refractivity contribution in [1.29, 1.82) is 0 Å². The molecule has 0 spiro atoms. The van der Waals surface area contributed by atoms with E-state index in [1.54, 1.807) is 6.92 Å². The van der Waals surface area contributed by atoms with Crippen molar-refractivity contribution in [3.8, 4) is 0 Å². The Bertz CT molecular complexity index is 248. The standard InChI is InChI=1S/C14H28N2O2/c1-3-8-14(2,18)11-16-13(17)7-6-12-5-4-9-15-10-12/h12,15,18H,3-11H2,1-2H3,(H,16,17). The Kier molecular flexibility index (Phi) is 6.65. The Hall–Kier alpha value is -0.610. The maximum atomic E-state index is 11.7. The van der Waals surface area contributed by atoms with Crippen LogP contribution in [0.1, 0.15) is 52.4 Å². The van der Waals surface area contributed by atoms with E-state index in [1.807, 2.05) is 6.92 Å². The van der Waals surface area contributed by atoms with E-state index in [2.05, 4.69) is 10.6 Å². The average molecular weight is 256 g/mol. The molecule has 0 saturated carbocycles. The van der Waals surface area contributed by atoms with E-state index < -0.39 is 5.60 Å². The van der Waals surface area contributed by atoms with E-state index in [4.69, 9.17) is 0 Å². The highest BCUT2D eigenvalue weighted by atomic mass is 16.3. The normalized spacial score (nSPS) is 23.4. The molecule has 0 aliphatic carbocycles. The van der Waals surface area contributed by atoms with Crippen molar-refractivity contribution in [1.82, 2.24) is 10.6 Å². The summed E-state index contributed by atoms with van der Waals surface area (Å²) in [6, 6.07) is 0. The largest absolute Gasteiger partial charge is 0.388 e. The van der Waals surface area contributed by atoms with E-state index in [0.717, 1.165) is 32.4 Å². The lowest BCUT2D eigenvalue weighted by molar-refractivity contribution is -0.122. The highest BCUT2D eigenvalue weighted by Gasteiger charge is 2.20. The summed E-state index contributed by atoms with van der Waals surface area (Å²) in [5.41, 5.74) is -0.767. The van der Waals surface area contributed by atoms with E-state index in [1.165, 1.54) is 12.8 Å². The number of piperidine rings is 1. The van der Waals surface area contributed by atoms with Crippen molar-refractivity contribution >= 4 is 5.91 Å². The van der Waals surface area contributed by atoms with Gasteiger partial charge in [0.15, 0.2) is 0 Å². The first-order valence-corrected chi connectivity index (χ1v) is 7.23. The van der Waals surface area contributed by atoms with Crippen molar-refractivity contribution in [2.24, 2.45) is 5.92 Å². The zero-order valence-corrected chi connectivity index (χ0v) is 11.8. The smallest absolute Gasteiger partial charge is 0.220 e. The van der Waals surface area contributed by atoms with Crippen molar-refractivity contribution in [2.45, 2.75) is 58.0 Å². The molecule has 18 heavy (non-hydrogen) atoms. The zero-order valence-electron chi connectivity index (χ0n) is 11.8. The first-order valence-electron chi connectivity index (χ1n) is 7.23. The Morgan fingerprint density at radius 1 is 1.56 bits per heavy atom. The highest BCUT2D eigenvalue weighted by molar-refractivity contribution is 5.75. The van der Waals surface area contributed by atoms with E-state index >= 15 is 0 Å². The molecule has 4 heteroatoms. The molecule has 1 heterocycles. The minimum Gasteiger partial charge on any atom is -0.388 e. The van der Waals surface area contributed by atoms with Gasteiger partial charge >= 0.3 is 0 Å². The molecule has 1 saturated heterocycles. The molecule has 2 unspecified atom stereocenters. The second-order valence-electron chi connectivity index (χ2n) is 5.77. The first kappa shape index (κ1) is 15.4. The third-order valence-electron chi connectivity index (χ3n) is 3.63. The number of amides is 1. The van der Waals surface area contributed by atoms with Gasteiger partial charge in [0.2, 0.25) is 5.91 Å². The van der Waals surface area contributed by atoms with Crippen LogP contribution in [0.15, 0.2) is 0 Å². The quantitative estimate of drug-likeness (QED) is 0.646. The van der Waals surface area contributed by atoms with Crippen molar-refractivity contribution < 1.29 is 9.90 Å². The van der Waals surface area contributed by atoms with Gasteiger partial charge in [-0.25, -0.2) is 0 Å². The van der Waals surface area contributed by atoms with Gasteiger partial charge in [0.25, 0.3) is 0 Å². The molecule has 3 N–H and O–H groups in total. The molecule has 0 bridgehead atoms. The third kappa shape index (κ3) is 6.36. The van der Waals surface area contributed by atoms with E-state index in [-0.39, 0.29) is 5.91 Å². The average Bonchev–Trinajstić information content (AvgIpc) is 2.35. The lowest BCUT2D eigenvalue weighted by atomic mass is 9.94. The topological polar surface area (TPSA) is 61.4 Å². The molecule has 1 rings (SSSR count). The Balaban J connectivity index is 2.13. The molecular weight excluding hydrogens is 228 g/mol. The number of nitrogens with one attached hydrogen (secondary N) is 2. The number of carbonyl (C=O) groups is 1. The zero-order chi connectivity index (χ0) is 13.4. The van der Waals surface area contributed by atoms with Gasteiger partial charge in [0, 0.05) is 13.0 Å². The summed E-state index contributed by atoms with van der Waals surface area (Å²) in [4.78, 5) is 11.7. The summed E-state index contributed by atoms with van der Waals surface area (Å²) >= 11 is 0. The number of rotatable bonds is 7. The predicted octanol–water partition coefficient (Wildman–Crippen LogP) is 1.43. The van der Waals surface area contributed by atoms with Crippen LogP contribution in [0.25, 0.3) is 0 Å². The van der Waals surface area contributed by atoms with Gasteiger partial charge in [-0.05, 0) is 51.6 Å². The van der Waals surface area contributed by atoms with Gasteiger partial charge < -0.3 is 15.7 Å². The lowest BCUT2D eigenvalue weighted by Gasteiger charge is -2.24. The van der Waals surface area contributed by atoms with Gasteiger partial charge in [-0.3, -0.25) is 4.79 Å². The van der Waals surface area contributed by atoms with Gasteiger partial charge in [-0.1, -0.05) is 13.3 Å². The van der Waals surface area contributed by atoms with Crippen LogP contribution in [-0.2, 0) is 4.79 Å². The van der Waals surface area contributed by atoms with Crippen LogP contribution in [0, 0.1) is 5.92 Å². The fourth-order valence-corrected chi connectivity index (χ4v) is 2.51. The highest BCUT2D eigenvalue weighted by Crippen LogP contribution is 2.16. The van der Waals surface area contributed by atoms with Crippen LogP contribution in [0.2, 0.25) is 0 Å². The van der Waals surface area contributed by atoms with Crippen LogP contribution in [0.4, 0.5) is 0 Å². The van der Waals surface area contributed by atoms with Gasteiger partial charge in [-0.2, -0.15) is 0 Å². The number of aliphatic hydroxyl groups is 1. The molecule has 1 aliphatic rings. The first-order chi connectivity index (χ1) is 8.53. The molecule has 0 aromatic heterocycles. The summed E-state index contributed by atoms with van der Waals surface area (Å²) in [6.45, 7) is 6.33. The third-order valence-corrected chi connectivity index (χ3v) is 3.63. The molecule has 1 fully saturated rings. The monoisotopic (exact) mass is 256 g/mol. The van der Waals surface area contributed by atoms with Crippen LogP contribution in [-0.4, -0.2) is 36.2 Å². The molecule has 0 radical (unpaired) electrons. The molecule has 106 valence electrons. The second-order valence-corrected chi connectivity index (χ2v) is 5.77. The summed E-state index contributed by atoms with van der Waals surface area (Å²) in [6.07, 6.45) is 5.63. The van der Waals surface area contributed by atoms with Gasteiger partial charge in [0.1, 0.15) is 0 Å². The fraction of sp³-hybridized carbons (Fsp3) is 0.929. The Labute approximate surface area is 111 Å². The molecule has 0 aromatic rings. The van der Waals surface area contributed by atoms with Crippen molar-refractivity contribution in [3.63, 3.8) is 0 Å². The Morgan fingerprint density at radius 3 is 2.94 bits per heavy atom. The van der Waals surface area contributed by atoms with Crippen LogP contribution in [0.3, 0.4) is 0 Å². The summed E-state index contributed by atoms with van der Waals surface area (Å²) in [7, 11) is 0. The number of hydrogen-bond donors (Lipinski definition) is 3. The predicted molar refractivity (Wildman–Crippen MR) is 73.4 cm³/mol. The van der Waals surface area contributed by atoms with Crippen LogP contribution >= 0.6 is 0 Å². The van der Waals surface area contributed by atoms with Crippen LogP contribution < -0.4 is 10.6 Å². The van der Waals surface area contributed by atoms with E-state index in [0.29, 0.717) is 18.9 Å². The van der Waals surface area contributed by atoms with Gasteiger partial charge in [-0.15, -0.1) is 0 Å². The van der Waals surface area contributed by atoms with E-state index in [9.17, 15) is 9.90 Å².